The van der Waals surface area contributed by atoms with Crippen molar-refractivity contribution in [1.29, 1.82) is 0 Å². The molecule has 0 bridgehead atoms. The van der Waals surface area contributed by atoms with Crippen molar-refractivity contribution in [2.24, 2.45) is 0 Å². The molecule has 0 unspecified atom stereocenters. The van der Waals surface area contributed by atoms with Gasteiger partial charge in [-0.05, 0) is 18.6 Å². The fraction of sp³-hybridized carbons (Fsp3) is 0.250. The number of fused-ring (bicyclic) bond motifs is 1. The zero-order valence-corrected chi connectivity index (χ0v) is 11.7. The van der Waals surface area contributed by atoms with Crippen LogP contribution < -0.4 is 0 Å². The van der Waals surface area contributed by atoms with Gasteiger partial charge in [0.1, 0.15) is 0 Å². The molecule has 0 radical (unpaired) electrons. The Hall–Kier alpha value is -1.34. The van der Waals surface area contributed by atoms with E-state index in [1.165, 1.54) is 26.9 Å². The molecular weight excluding hydrogens is 224 g/mol. The van der Waals surface area contributed by atoms with E-state index in [1.807, 2.05) is 13.0 Å². The fourth-order valence-electron chi connectivity index (χ4n) is 1.57. The molecule has 0 N–H and O–H groups in total. The molecule has 0 atom stereocenters. The first-order valence-electron chi connectivity index (χ1n) is 6.05. The molecule has 0 saturated heterocycles. The standard InChI is InChI=1S/C13H12S.C3H8/c1-3-7-10-11-8-5-6-9-13(11)14-12(10)4-2;1-3-2/h3-9H,2H2,1H3;3H2,1-2H3/b7-3-;. The van der Waals surface area contributed by atoms with Crippen LogP contribution in [0.4, 0.5) is 0 Å². The van der Waals surface area contributed by atoms with Gasteiger partial charge in [0.25, 0.3) is 0 Å². The molecule has 0 saturated carbocycles. The van der Waals surface area contributed by atoms with Crippen molar-refractivity contribution in [1.82, 2.24) is 0 Å². The number of benzene rings is 1. The highest BCUT2D eigenvalue weighted by Crippen LogP contribution is 2.32. The SMILES string of the molecule is C=Cc1sc2ccccc2c1/C=C\C.CCC. The number of allylic oxidation sites excluding steroid dienone is 1. The Labute approximate surface area is 108 Å². The highest BCUT2D eigenvalue weighted by atomic mass is 32.1. The smallest absolute Gasteiger partial charge is 0.0355 e. The van der Waals surface area contributed by atoms with E-state index < -0.39 is 0 Å². The quantitative estimate of drug-likeness (QED) is 0.608. The molecule has 0 spiro atoms. The van der Waals surface area contributed by atoms with Gasteiger partial charge >= 0.3 is 0 Å². The van der Waals surface area contributed by atoms with Crippen LogP contribution >= 0.6 is 11.3 Å². The highest BCUT2D eigenvalue weighted by Gasteiger charge is 2.05. The lowest BCUT2D eigenvalue weighted by molar-refractivity contribution is 1.09. The van der Waals surface area contributed by atoms with Crippen LogP contribution in [0.25, 0.3) is 22.2 Å². The van der Waals surface area contributed by atoms with E-state index in [9.17, 15) is 0 Å². The van der Waals surface area contributed by atoms with Crippen molar-refractivity contribution in [2.75, 3.05) is 0 Å². The van der Waals surface area contributed by atoms with Crippen LogP contribution in [-0.4, -0.2) is 0 Å². The molecule has 0 aliphatic carbocycles. The Bertz CT molecular complexity index is 503. The first-order chi connectivity index (χ1) is 8.28. The molecule has 2 aromatic rings. The van der Waals surface area contributed by atoms with Crippen LogP contribution in [0.3, 0.4) is 0 Å². The average Bonchev–Trinajstić information content (AvgIpc) is 2.69. The van der Waals surface area contributed by atoms with E-state index in [0.717, 1.165) is 0 Å². The Morgan fingerprint density at radius 3 is 2.47 bits per heavy atom. The van der Waals surface area contributed by atoms with Gasteiger partial charge in [-0.2, -0.15) is 0 Å². The van der Waals surface area contributed by atoms with Crippen molar-refractivity contribution in [3.05, 3.63) is 47.4 Å². The topological polar surface area (TPSA) is 0 Å². The molecule has 1 heterocycles. The minimum atomic E-state index is 1.25. The van der Waals surface area contributed by atoms with Crippen LogP contribution in [0.2, 0.25) is 0 Å². The van der Waals surface area contributed by atoms with Gasteiger partial charge in [-0.15, -0.1) is 11.3 Å². The summed E-state index contributed by atoms with van der Waals surface area (Å²) in [7, 11) is 0. The maximum Gasteiger partial charge on any atom is 0.0355 e. The Kier molecular flexibility index (Phi) is 5.71. The third kappa shape index (κ3) is 3.31. The second-order valence-electron chi connectivity index (χ2n) is 3.79. The van der Waals surface area contributed by atoms with Gasteiger partial charge in [-0.3, -0.25) is 0 Å². The largest absolute Gasteiger partial charge is 0.135 e. The molecule has 90 valence electrons. The van der Waals surface area contributed by atoms with Crippen LogP contribution in [0.1, 0.15) is 37.6 Å². The first-order valence-corrected chi connectivity index (χ1v) is 6.86. The fourth-order valence-corrected chi connectivity index (χ4v) is 2.62. The van der Waals surface area contributed by atoms with Crippen molar-refractivity contribution < 1.29 is 0 Å². The number of hydrogen-bond donors (Lipinski definition) is 0. The van der Waals surface area contributed by atoms with Crippen molar-refractivity contribution in [3.8, 4) is 0 Å². The van der Waals surface area contributed by atoms with Gasteiger partial charge in [0.05, 0.1) is 0 Å². The van der Waals surface area contributed by atoms with Gasteiger partial charge in [0.2, 0.25) is 0 Å². The van der Waals surface area contributed by atoms with E-state index >= 15 is 0 Å². The maximum atomic E-state index is 3.85. The maximum absolute atomic E-state index is 3.85. The molecule has 1 aromatic heterocycles. The third-order valence-corrected chi connectivity index (χ3v) is 3.36. The van der Waals surface area contributed by atoms with E-state index in [-0.39, 0.29) is 0 Å². The molecule has 0 aliphatic heterocycles. The van der Waals surface area contributed by atoms with E-state index in [1.54, 1.807) is 11.3 Å². The lowest BCUT2D eigenvalue weighted by Crippen LogP contribution is -1.70. The van der Waals surface area contributed by atoms with Gasteiger partial charge in [-0.1, -0.05) is 63.3 Å². The summed E-state index contributed by atoms with van der Waals surface area (Å²) in [4.78, 5) is 1.25. The second-order valence-corrected chi connectivity index (χ2v) is 4.87. The summed E-state index contributed by atoms with van der Waals surface area (Å²) < 4.78 is 1.33. The lowest BCUT2D eigenvalue weighted by Gasteiger charge is -1.92. The molecule has 0 nitrogen and oxygen atoms in total. The average molecular weight is 244 g/mol. The summed E-state index contributed by atoms with van der Waals surface area (Å²) in [6.07, 6.45) is 7.40. The number of thiophene rings is 1. The van der Waals surface area contributed by atoms with Gasteiger partial charge in [0.15, 0.2) is 0 Å². The van der Waals surface area contributed by atoms with Crippen molar-refractivity contribution in [3.63, 3.8) is 0 Å². The van der Waals surface area contributed by atoms with E-state index in [2.05, 4.69) is 56.8 Å². The molecule has 2 rings (SSSR count). The summed E-state index contributed by atoms with van der Waals surface area (Å²) in [5, 5.41) is 1.32. The van der Waals surface area contributed by atoms with Crippen molar-refractivity contribution >= 4 is 33.6 Å². The summed E-state index contributed by atoms with van der Waals surface area (Å²) in [5.41, 5.74) is 1.29. The minimum absolute atomic E-state index is 1.25. The first kappa shape index (κ1) is 13.7. The van der Waals surface area contributed by atoms with Crippen LogP contribution in [0.15, 0.2) is 36.9 Å². The zero-order chi connectivity index (χ0) is 12.7. The Morgan fingerprint density at radius 1 is 1.24 bits per heavy atom. The van der Waals surface area contributed by atoms with Gasteiger partial charge < -0.3 is 0 Å². The summed E-state index contributed by atoms with van der Waals surface area (Å²) in [5.74, 6) is 0. The molecule has 1 aromatic carbocycles. The monoisotopic (exact) mass is 244 g/mol. The van der Waals surface area contributed by atoms with Crippen LogP contribution in [-0.2, 0) is 0 Å². The minimum Gasteiger partial charge on any atom is -0.135 e. The predicted octanol–water partition coefficient (Wildman–Crippen LogP) is 5.99. The molecule has 0 aliphatic rings. The number of rotatable bonds is 2. The Morgan fingerprint density at radius 2 is 1.88 bits per heavy atom. The lowest BCUT2D eigenvalue weighted by atomic mass is 10.1. The molecule has 0 amide bonds. The highest BCUT2D eigenvalue weighted by molar-refractivity contribution is 7.20. The normalized spacial score (nSPS) is 10.3. The van der Waals surface area contributed by atoms with Crippen LogP contribution in [0.5, 0.6) is 0 Å². The van der Waals surface area contributed by atoms with Gasteiger partial charge in [-0.25, -0.2) is 0 Å². The van der Waals surface area contributed by atoms with Gasteiger partial charge in [0, 0.05) is 15.0 Å². The van der Waals surface area contributed by atoms with Crippen LogP contribution in [0, 0.1) is 0 Å². The zero-order valence-electron chi connectivity index (χ0n) is 10.9. The summed E-state index contributed by atoms with van der Waals surface area (Å²) >= 11 is 1.79. The summed E-state index contributed by atoms with van der Waals surface area (Å²) in [6, 6.07) is 8.47. The molecule has 0 fully saturated rings. The van der Waals surface area contributed by atoms with E-state index in [0.29, 0.717) is 0 Å². The second kappa shape index (κ2) is 7.08. The molecule has 17 heavy (non-hydrogen) atoms. The summed E-state index contributed by atoms with van der Waals surface area (Å²) in [6.45, 7) is 10.1. The van der Waals surface area contributed by atoms with E-state index in [4.69, 9.17) is 0 Å². The Balaban J connectivity index is 0.000000437. The van der Waals surface area contributed by atoms with Crippen molar-refractivity contribution in [2.45, 2.75) is 27.2 Å². The number of hydrogen-bond acceptors (Lipinski definition) is 1. The third-order valence-electron chi connectivity index (χ3n) is 2.18. The molecule has 1 heteroatoms. The predicted molar refractivity (Wildman–Crippen MR) is 82.6 cm³/mol. The molecular formula is C16H20S.